The molecule has 98 valence electrons. The predicted molar refractivity (Wildman–Crippen MR) is 65.4 cm³/mol. The summed E-state index contributed by atoms with van der Waals surface area (Å²) < 4.78 is 18.5. The second kappa shape index (κ2) is 5.35. The molecule has 5 heteroatoms. The zero-order chi connectivity index (χ0) is 13.1. The van der Waals surface area contributed by atoms with Gasteiger partial charge < -0.3 is 15.2 Å². The summed E-state index contributed by atoms with van der Waals surface area (Å²) in [5.74, 6) is -1.57. The van der Waals surface area contributed by atoms with Crippen LogP contribution < -0.4 is 5.32 Å². The molecule has 2 unspecified atom stereocenters. The van der Waals surface area contributed by atoms with Crippen LogP contribution in [-0.4, -0.2) is 30.3 Å². The van der Waals surface area contributed by atoms with Crippen LogP contribution in [0.4, 0.5) is 10.1 Å². The van der Waals surface area contributed by atoms with Crippen molar-refractivity contribution in [2.45, 2.75) is 19.4 Å². The van der Waals surface area contributed by atoms with E-state index in [0.29, 0.717) is 18.2 Å². The van der Waals surface area contributed by atoms with Crippen molar-refractivity contribution in [1.82, 2.24) is 0 Å². The van der Waals surface area contributed by atoms with E-state index in [1.54, 1.807) is 6.07 Å². The van der Waals surface area contributed by atoms with Gasteiger partial charge in [-0.2, -0.15) is 0 Å². The van der Waals surface area contributed by atoms with E-state index in [1.807, 2.05) is 6.92 Å². The number of nitrogens with one attached hydrogen (secondary N) is 1. The Labute approximate surface area is 105 Å². The molecule has 2 atom stereocenters. The maximum atomic E-state index is 13.2. The van der Waals surface area contributed by atoms with Gasteiger partial charge in [-0.3, -0.25) is 0 Å². The van der Waals surface area contributed by atoms with Gasteiger partial charge in [0.2, 0.25) is 0 Å². The smallest absolute Gasteiger partial charge is 0.338 e. The summed E-state index contributed by atoms with van der Waals surface area (Å²) in [5, 5.41) is 12.0. The highest BCUT2D eigenvalue weighted by molar-refractivity contribution is 5.89. The Morgan fingerprint density at radius 2 is 2.39 bits per heavy atom. The van der Waals surface area contributed by atoms with Crippen LogP contribution in [0.2, 0.25) is 0 Å². The number of hydrogen-bond acceptors (Lipinski definition) is 3. The lowest BCUT2D eigenvalue weighted by atomic mass is 10.0. The number of carboxylic acid groups (broad SMARTS) is 1. The zero-order valence-corrected chi connectivity index (χ0v) is 10.1. The second-order valence-electron chi connectivity index (χ2n) is 4.56. The van der Waals surface area contributed by atoms with Crippen molar-refractivity contribution in [1.29, 1.82) is 0 Å². The normalized spacial score (nSPS) is 20.7. The third-order valence-electron chi connectivity index (χ3n) is 3.26. The van der Waals surface area contributed by atoms with Crippen LogP contribution in [0.25, 0.3) is 0 Å². The maximum absolute atomic E-state index is 13.2. The van der Waals surface area contributed by atoms with Gasteiger partial charge in [0.15, 0.2) is 0 Å². The fraction of sp³-hybridized carbons (Fsp3) is 0.462. The fourth-order valence-corrected chi connectivity index (χ4v) is 2.11. The number of benzene rings is 1. The third-order valence-corrected chi connectivity index (χ3v) is 3.26. The summed E-state index contributed by atoms with van der Waals surface area (Å²) >= 11 is 0. The van der Waals surface area contributed by atoms with Gasteiger partial charge in [0, 0.05) is 24.3 Å². The minimum absolute atomic E-state index is 0.166. The van der Waals surface area contributed by atoms with Crippen LogP contribution in [0, 0.1) is 11.7 Å². The van der Waals surface area contributed by atoms with Crippen LogP contribution in [-0.2, 0) is 4.74 Å². The predicted octanol–water partition coefficient (Wildman–Crippen LogP) is 2.36. The second-order valence-corrected chi connectivity index (χ2v) is 4.56. The van der Waals surface area contributed by atoms with Crippen LogP contribution in [0.3, 0.4) is 0 Å². The van der Waals surface area contributed by atoms with Crippen molar-refractivity contribution in [3.05, 3.63) is 29.6 Å². The number of rotatable bonds is 4. The van der Waals surface area contributed by atoms with E-state index in [0.717, 1.165) is 13.0 Å². The first kappa shape index (κ1) is 12.8. The van der Waals surface area contributed by atoms with Gasteiger partial charge >= 0.3 is 5.97 Å². The van der Waals surface area contributed by atoms with E-state index in [-0.39, 0.29) is 11.6 Å². The largest absolute Gasteiger partial charge is 0.478 e. The molecular formula is C13H16FNO3. The van der Waals surface area contributed by atoms with Crippen molar-refractivity contribution >= 4 is 11.7 Å². The first-order valence-electron chi connectivity index (χ1n) is 5.95. The molecule has 0 spiro atoms. The van der Waals surface area contributed by atoms with Crippen LogP contribution >= 0.6 is 0 Å². The minimum atomic E-state index is -1.26. The highest BCUT2D eigenvalue weighted by Gasteiger charge is 2.22. The van der Waals surface area contributed by atoms with Gasteiger partial charge in [0.25, 0.3) is 0 Å². The quantitative estimate of drug-likeness (QED) is 0.864. The van der Waals surface area contributed by atoms with Gasteiger partial charge in [-0.15, -0.1) is 0 Å². The molecule has 1 heterocycles. The molecule has 1 aromatic carbocycles. The molecule has 1 aromatic rings. The summed E-state index contributed by atoms with van der Waals surface area (Å²) in [7, 11) is 0. The van der Waals surface area contributed by atoms with Crippen molar-refractivity contribution in [2.75, 3.05) is 18.5 Å². The highest BCUT2D eigenvalue weighted by Crippen LogP contribution is 2.21. The van der Waals surface area contributed by atoms with Crippen LogP contribution in [0.5, 0.6) is 0 Å². The lowest BCUT2D eigenvalue weighted by Gasteiger charge is -2.20. The van der Waals surface area contributed by atoms with E-state index in [1.165, 1.54) is 12.1 Å². The first-order chi connectivity index (χ1) is 8.58. The Balaban J connectivity index is 2.09. The Morgan fingerprint density at radius 1 is 1.61 bits per heavy atom. The maximum Gasteiger partial charge on any atom is 0.338 e. The summed E-state index contributed by atoms with van der Waals surface area (Å²) in [5.41, 5.74) is 0.308. The SMILES string of the molecule is CC(Nc1ccc(F)c(C(=O)O)c1)C1CCOC1. The molecule has 0 aromatic heterocycles. The molecule has 2 N–H and O–H groups in total. The monoisotopic (exact) mass is 253 g/mol. The zero-order valence-electron chi connectivity index (χ0n) is 10.1. The van der Waals surface area contributed by atoms with Gasteiger partial charge in [-0.1, -0.05) is 0 Å². The van der Waals surface area contributed by atoms with Gasteiger partial charge in [-0.05, 0) is 31.5 Å². The van der Waals surface area contributed by atoms with Crippen LogP contribution in [0.1, 0.15) is 23.7 Å². The summed E-state index contributed by atoms with van der Waals surface area (Å²) in [6, 6.07) is 4.21. The molecule has 18 heavy (non-hydrogen) atoms. The Kier molecular flexibility index (Phi) is 3.81. The molecule has 1 saturated heterocycles. The number of anilines is 1. The van der Waals surface area contributed by atoms with Crippen LogP contribution in [0.15, 0.2) is 18.2 Å². The lowest BCUT2D eigenvalue weighted by Crippen LogP contribution is -2.26. The average molecular weight is 253 g/mol. The molecule has 1 aliphatic heterocycles. The van der Waals surface area contributed by atoms with Gasteiger partial charge in [0.05, 0.1) is 12.2 Å². The number of ether oxygens (including phenoxy) is 1. The number of halogens is 1. The van der Waals surface area contributed by atoms with Crippen molar-refractivity contribution < 1.29 is 19.0 Å². The molecule has 4 nitrogen and oxygen atoms in total. The van der Waals surface area contributed by atoms with Crippen molar-refractivity contribution in [3.63, 3.8) is 0 Å². The molecule has 0 saturated carbocycles. The highest BCUT2D eigenvalue weighted by atomic mass is 19.1. The number of aromatic carboxylic acids is 1. The Bertz CT molecular complexity index is 444. The third kappa shape index (κ3) is 2.79. The van der Waals surface area contributed by atoms with Crippen molar-refractivity contribution in [3.8, 4) is 0 Å². The minimum Gasteiger partial charge on any atom is -0.478 e. The number of carboxylic acids is 1. The molecule has 0 bridgehead atoms. The Morgan fingerprint density at radius 3 is 3.00 bits per heavy atom. The van der Waals surface area contributed by atoms with E-state index >= 15 is 0 Å². The molecule has 0 radical (unpaired) electrons. The Hall–Kier alpha value is -1.62. The summed E-state index contributed by atoms with van der Waals surface area (Å²) in [4.78, 5) is 10.8. The molecule has 1 aliphatic rings. The fourth-order valence-electron chi connectivity index (χ4n) is 2.11. The number of hydrogen-bond donors (Lipinski definition) is 2. The van der Waals surface area contributed by atoms with E-state index in [9.17, 15) is 9.18 Å². The summed E-state index contributed by atoms with van der Waals surface area (Å²) in [6.45, 7) is 3.49. The topological polar surface area (TPSA) is 58.6 Å². The van der Waals surface area contributed by atoms with Gasteiger partial charge in [0.1, 0.15) is 5.82 Å². The van der Waals surface area contributed by atoms with E-state index in [2.05, 4.69) is 5.32 Å². The molecular weight excluding hydrogens is 237 g/mol. The number of carbonyl (C=O) groups is 1. The van der Waals surface area contributed by atoms with Gasteiger partial charge in [-0.25, -0.2) is 9.18 Å². The van der Waals surface area contributed by atoms with Crippen molar-refractivity contribution in [2.24, 2.45) is 5.92 Å². The summed E-state index contributed by atoms with van der Waals surface area (Å²) in [6.07, 6.45) is 0.987. The molecule has 2 rings (SSSR count). The molecule has 0 aliphatic carbocycles. The van der Waals surface area contributed by atoms with E-state index in [4.69, 9.17) is 9.84 Å². The average Bonchev–Trinajstić information content (AvgIpc) is 2.85. The molecule has 0 amide bonds. The first-order valence-corrected chi connectivity index (χ1v) is 5.95. The van der Waals surface area contributed by atoms with E-state index < -0.39 is 11.8 Å². The standard InChI is InChI=1S/C13H16FNO3/c1-8(9-4-5-18-7-9)15-10-2-3-12(14)11(6-10)13(16)17/h2-3,6,8-9,15H,4-5,7H2,1H3,(H,16,17). The molecule has 1 fully saturated rings. The lowest BCUT2D eigenvalue weighted by molar-refractivity contribution is 0.0692.